The second kappa shape index (κ2) is 6.72. The van der Waals surface area contributed by atoms with Crippen LogP contribution in [0.4, 0.5) is 0 Å². The van der Waals surface area contributed by atoms with Crippen molar-refractivity contribution in [2.75, 3.05) is 26.3 Å². The Morgan fingerprint density at radius 2 is 1.88 bits per heavy atom. The molecule has 1 saturated carbocycles. The lowest BCUT2D eigenvalue weighted by atomic mass is 10.2. The molecule has 2 atom stereocenters. The minimum absolute atomic E-state index is 0.347. The van der Waals surface area contributed by atoms with E-state index in [0.717, 1.165) is 32.2 Å². The highest BCUT2D eigenvalue weighted by Gasteiger charge is 2.26. The highest BCUT2D eigenvalue weighted by Crippen LogP contribution is 2.29. The molecule has 2 unspecified atom stereocenters. The average molecular weight is 241 g/mol. The molecule has 3 nitrogen and oxygen atoms in total. The van der Waals surface area contributed by atoms with Crippen LogP contribution in [0, 0.1) is 11.8 Å². The second-order valence-corrected chi connectivity index (χ2v) is 5.99. The molecule has 0 aromatic heterocycles. The van der Waals surface area contributed by atoms with E-state index in [-0.39, 0.29) is 0 Å². The molecule has 0 spiro atoms. The molecule has 100 valence electrons. The summed E-state index contributed by atoms with van der Waals surface area (Å²) >= 11 is 0. The van der Waals surface area contributed by atoms with Crippen LogP contribution in [-0.2, 0) is 9.47 Å². The molecular weight excluding hydrogens is 214 g/mol. The molecule has 1 saturated heterocycles. The van der Waals surface area contributed by atoms with E-state index in [0.29, 0.717) is 18.1 Å². The summed E-state index contributed by atoms with van der Waals surface area (Å²) in [6.07, 6.45) is 5.84. The zero-order chi connectivity index (χ0) is 12.1. The maximum atomic E-state index is 5.96. The summed E-state index contributed by atoms with van der Waals surface area (Å²) in [5, 5.41) is 3.47. The van der Waals surface area contributed by atoms with Gasteiger partial charge >= 0.3 is 0 Å². The van der Waals surface area contributed by atoms with Gasteiger partial charge in [0.25, 0.3) is 0 Å². The maximum Gasteiger partial charge on any atom is 0.0813 e. The Hall–Kier alpha value is -0.120. The summed E-state index contributed by atoms with van der Waals surface area (Å²) in [5.41, 5.74) is 0. The van der Waals surface area contributed by atoms with Crippen LogP contribution in [0.3, 0.4) is 0 Å². The number of rotatable bonds is 8. The van der Waals surface area contributed by atoms with Gasteiger partial charge in [0.15, 0.2) is 0 Å². The lowest BCUT2D eigenvalue weighted by Gasteiger charge is -2.15. The highest BCUT2D eigenvalue weighted by molar-refractivity contribution is 4.76. The largest absolute Gasteiger partial charge is 0.378 e. The quantitative estimate of drug-likeness (QED) is 0.707. The van der Waals surface area contributed by atoms with Gasteiger partial charge < -0.3 is 14.8 Å². The number of hydrogen-bond donors (Lipinski definition) is 1. The fourth-order valence-corrected chi connectivity index (χ4v) is 2.24. The Bertz CT molecular complexity index is 202. The van der Waals surface area contributed by atoms with Gasteiger partial charge in [0.2, 0.25) is 0 Å². The third-order valence-electron chi connectivity index (χ3n) is 3.47. The average Bonchev–Trinajstić information content (AvgIpc) is 2.98. The third-order valence-corrected chi connectivity index (χ3v) is 3.47. The van der Waals surface area contributed by atoms with E-state index in [4.69, 9.17) is 9.47 Å². The summed E-state index contributed by atoms with van der Waals surface area (Å²) in [5.74, 6) is 1.58. The molecule has 0 radical (unpaired) electrons. The molecule has 0 bridgehead atoms. The van der Waals surface area contributed by atoms with E-state index >= 15 is 0 Å². The van der Waals surface area contributed by atoms with E-state index in [1.807, 2.05) is 0 Å². The molecular formula is C14H27NO2. The van der Waals surface area contributed by atoms with Gasteiger partial charge in [-0.3, -0.25) is 0 Å². The Morgan fingerprint density at radius 3 is 2.59 bits per heavy atom. The molecule has 2 fully saturated rings. The first kappa shape index (κ1) is 13.3. The van der Waals surface area contributed by atoms with Crippen LogP contribution in [0.1, 0.15) is 39.5 Å². The molecule has 1 aliphatic heterocycles. The van der Waals surface area contributed by atoms with Gasteiger partial charge in [-0.05, 0) is 44.1 Å². The molecule has 3 heteroatoms. The van der Waals surface area contributed by atoms with Crippen molar-refractivity contribution < 1.29 is 9.47 Å². The van der Waals surface area contributed by atoms with Crippen LogP contribution in [0.15, 0.2) is 0 Å². The van der Waals surface area contributed by atoms with Crippen molar-refractivity contribution in [3.63, 3.8) is 0 Å². The van der Waals surface area contributed by atoms with Gasteiger partial charge in [-0.25, -0.2) is 0 Å². The number of hydrogen-bond acceptors (Lipinski definition) is 3. The summed E-state index contributed by atoms with van der Waals surface area (Å²) in [7, 11) is 0. The topological polar surface area (TPSA) is 30.5 Å². The minimum atomic E-state index is 0.347. The van der Waals surface area contributed by atoms with E-state index < -0.39 is 0 Å². The SMILES string of the molecule is CC(C)CNCC1CCC(COCC2CC2)O1. The van der Waals surface area contributed by atoms with Crippen molar-refractivity contribution in [2.45, 2.75) is 51.7 Å². The lowest BCUT2D eigenvalue weighted by Crippen LogP contribution is -2.30. The van der Waals surface area contributed by atoms with Crippen LogP contribution < -0.4 is 5.32 Å². The van der Waals surface area contributed by atoms with E-state index in [1.54, 1.807) is 0 Å². The Kier molecular flexibility index (Phi) is 5.26. The molecule has 2 rings (SSSR count). The molecule has 17 heavy (non-hydrogen) atoms. The van der Waals surface area contributed by atoms with Crippen LogP contribution in [0.2, 0.25) is 0 Å². The predicted octanol–water partition coefficient (Wildman–Crippen LogP) is 2.21. The third kappa shape index (κ3) is 5.36. The van der Waals surface area contributed by atoms with Crippen LogP contribution in [0.25, 0.3) is 0 Å². The van der Waals surface area contributed by atoms with Gasteiger partial charge in [0, 0.05) is 13.2 Å². The van der Waals surface area contributed by atoms with Gasteiger partial charge in [0.05, 0.1) is 18.8 Å². The minimum Gasteiger partial charge on any atom is -0.378 e. The van der Waals surface area contributed by atoms with Crippen molar-refractivity contribution in [2.24, 2.45) is 11.8 Å². The smallest absolute Gasteiger partial charge is 0.0813 e. The van der Waals surface area contributed by atoms with Crippen LogP contribution >= 0.6 is 0 Å². The first-order valence-electron chi connectivity index (χ1n) is 7.18. The second-order valence-electron chi connectivity index (χ2n) is 5.99. The molecule has 0 aromatic carbocycles. The van der Waals surface area contributed by atoms with Crippen LogP contribution in [0.5, 0.6) is 0 Å². The Morgan fingerprint density at radius 1 is 1.12 bits per heavy atom. The summed E-state index contributed by atoms with van der Waals surface area (Å²) in [6.45, 7) is 8.31. The van der Waals surface area contributed by atoms with E-state index in [1.165, 1.54) is 25.7 Å². The maximum absolute atomic E-state index is 5.96. The zero-order valence-corrected chi connectivity index (χ0v) is 11.3. The van der Waals surface area contributed by atoms with Crippen molar-refractivity contribution in [3.05, 3.63) is 0 Å². The molecule has 1 aliphatic carbocycles. The highest BCUT2D eigenvalue weighted by atomic mass is 16.5. The standard InChI is InChI=1S/C14H27NO2/c1-11(2)7-15-8-13-5-6-14(17-13)10-16-9-12-3-4-12/h11-15H,3-10H2,1-2H3. The molecule has 1 heterocycles. The lowest BCUT2D eigenvalue weighted by molar-refractivity contribution is -0.0166. The molecule has 1 N–H and O–H groups in total. The van der Waals surface area contributed by atoms with Crippen molar-refractivity contribution in [1.29, 1.82) is 0 Å². The number of ether oxygens (including phenoxy) is 2. The van der Waals surface area contributed by atoms with Crippen molar-refractivity contribution in [3.8, 4) is 0 Å². The fraction of sp³-hybridized carbons (Fsp3) is 1.00. The van der Waals surface area contributed by atoms with Gasteiger partial charge in [-0.15, -0.1) is 0 Å². The zero-order valence-electron chi connectivity index (χ0n) is 11.3. The first-order chi connectivity index (χ1) is 8.24. The Balaban J connectivity index is 1.49. The van der Waals surface area contributed by atoms with Crippen molar-refractivity contribution in [1.82, 2.24) is 5.32 Å². The normalized spacial score (nSPS) is 29.1. The van der Waals surface area contributed by atoms with Gasteiger partial charge in [-0.1, -0.05) is 13.8 Å². The van der Waals surface area contributed by atoms with Crippen molar-refractivity contribution >= 4 is 0 Å². The number of nitrogens with one attached hydrogen (secondary N) is 1. The first-order valence-corrected chi connectivity index (χ1v) is 7.18. The fourth-order valence-electron chi connectivity index (χ4n) is 2.24. The van der Waals surface area contributed by atoms with E-state index in [2.05, 4.69) is 19.2 Å². The summed E-state index contributed by atoms with van der Waals surface area (Å²) in [6, 6.07) is 0. The molecule has 0 aromatic rings. The predicted molar refractivity (Wildman–Crippen MR) is 69.1 cm³/mol. The molecule has 2 aliphatic rings. The molecule has 0 amide bonds. The monoisotopic (exact) mass is 241 g/mol. The van der Waals surface area contributed by atoms with E-state index in [9.17, 15) is 0 Å². The summed E-state index contributed by atoms with van der Waals surface area (Å²) < 4.78 is 11.6. The van der Waals surface area contributed by atoms with Gasteiger partial charge in [-0.2, -0.15) is 0 Å². The Labute approximate surface area is 105 Å². The summed E-state index contributed by atoms with van der Waals surface area (Å²) in [4.78, 5) is 0. The van der Waals surface area contributed by atoms with Crippen LogP contribution in [-0.4, -0.2) is 38.5 Å². The van der Waals surface area contributed by atoms with Gasteiger partial charge in [0.1, 0.15) is 0 Å².